The zero-order chi connectivity index (χ0) is 20.5. The Morgan fingerprint density at radius 3 is 2.50 bits per heavy atom. The third kappa shape index (κ3) is 8.91. The maximum atomic E-state index is 11.7. The van der Waals surface area contributed by atoms with Crippen molar-refractivity contribution >= 4 is 47.6 Å². The number of aliphatic imine (C=N–C) groups is 1. The van der Waals surface area contributed by atoms with Crippen molar-refractivity contribution in [2.24, 2.45) is 4.99 Å². The van der Waals surface area contributed by atoms with Crippen LogP contribution in [0.2, 0.25) is 0 Å². The fourth-order valence-electron chi connectivity index (χ4n) is 3.49. The molecule has 168 valence electrons. The van der Waals surface area contributed by atoms with Crippen LogP contribution < -0.4 is 20.7 Å². The molecule has 2 fully saturated rings. The van der Waals surface area contributed by atoms with Crippen molar-refractivity contribution in [1.29, 1.82) is 0 Å². The van der Waals surface area contributed by atoms with Gasteiger partial charge in [-0.3, -0.25) is 9.79 Å². The molecule has 0 bridgehead atoms. The van der Waals surface area contributed by atoms with Gasteiger partial charge in [0.1, 0.15) is 5.75 Å². The fourth-order valence-corrected chi connectivity index (χ4v) is 4.29. The number of thioether (sulfide) groups is 1. The van der Waals surface area contributed by atoms with Crippen molar-refractivity contribution in [3.8, 4) is 5.75 Å². The lowest BCUT2D eigenvalue weighted by atomic mass is 10.1. The third-order valence-electron chi connectivity index (χ3n) is 5.31. The first kappa shape index (κ1) is 25.1. The Balaban J connectivity index is 0.00000320. The highest BCUT2D eigenvalue weighted by atomic mass is 127. The quantitative estimate of drug-likeness (QED) is 0.239. The van der Waals surface area contributed by atoms with E-state index in [0.29, 0.717) is 12.1 Å². The summed E-state index contributed by atoms with van der Waals surface area (Å²) < 4.78 is 5.56. The number of benzene rings is 1. The second kappa shape index (κ2) is 13.3. The molecule has 1 amide bonds. The average molecular weight is 547 g/mol. The first-order valence-electron chi connectivity index (χ1n) is 10.7. The number of carbonyl (C=O) groups excluding carboxylic acids is 1. The van der Waals surface area contributed by atoms with Gasteiger partial charge in [-0.2, -0.15) is 11.8 Å². The summed E-state index contributed by atoms with van der Waals surface area (Å²) in [5, 5.41) is 10.6. The van der Waals surface area contributed by atoms with E-state index in [1.165, 1.54) is 24.8 Å². The molecular weight excluding hydrogens is 511 g/mol. The van der Waals surface area contributed by atoms with E-state index in [-0.39, 0.29) is 36.5 Å². The van der Waals surface area contributed by atoms with Crippen LogP contribution in [0.1, 0.15) is 44.6 Å². The first-order valence-corrected chi connectivity index (χ1v) is 12.0. The van der Waals surface area contributed by atoms with Crippen LogP contribution in [-0.4, -0.2) is 55.2 Å². The van der Waals surface area contributed by atoms with Gasteiger partial charge >= 0.3 is 0 Å². The van der Waals surface area contributed by atoms with E-state index in [9.17, 15) is 4.79 Å². The number of nitrogens with one attached hydrogen (secondary N) is 3. The number of hydrogen-bond donors (Lipinski definition) is 3. The van der Waals surface area contributed by atoms with Gasteiger partial charge in [-0.05, 0) is 69.4 Å². The highest BCUT2D eigenvalue weighted by Crippen LogP contribution is 2.28. The van der Waals surface area contributed by atoms with Crippen molar-refractivity contribution in [2.45, 2.75) is 62.8 Å². The number of guanidine groups is 1. The standard InChI is InChI=1S/C22H34N4O2S.HI/c1-3-23-22(26-18-8-11-20(14-18)29-2)24-13-12-16-4-9-19(10-5-16)28-15-21(27)25-17-6-7-17;/h4-5,9-10,17-18,20H,3,6-8,11-15H2,1-2H3,(H,25,27)(H2,23,24,26);1H. The molecule has 2 aliphatic carbocycles. The van der Waals surface area contributed by atoms with Crippen LogP contribution in [0.15, 0.2) is 29.3 Å². The predicted octanol–water partition coefficient (Wildman–Crippen LogP) is 3.34. The van der Waals surface area contributed by atoms with E-state index in [1.807, 2.05) is 36.0 Å². The molecule has 2 unspecified atom stereocenters. The Hall–Kier alpha value is -1.16. The molecule has 0 spiro atoms. The summed E-state index contributed by atoms with van der Waals surface area (Å²) in [5.41, 5.74) is 1.21. The SMILES string of the molecule is CCNC(=NCCc1ccc(OCC(=O)NC2CC2)cc1)NC1CCC(SC)C1.I. The highest BCUT2D eigenvalue weighted by molar-refractivity contribution is 14.0. The second-order valence-corrected chi connectivity index (χ2v) is 8.94. The molecule has 0 aliphatic heterocycles. The minimum Gasteiger partial charge on any atom is -0.484 e. The molecule has 2 aliphatic rings. The van der Waals surface area contributed by atoms with Crippen molar-refractivity contribution in [3.63, 3.8) is 0 Å². The van der Waals surface area contributed by atoms with E-state index in [1.54, 1.807) is 0 Å². The van der Waals surface area contributed by atoms with Gasteiger partial charge in [0.15, 0.2) is 12.6 Å². The zero-order valence-corrected chi connectivity index (χ0v) is 21.1. The maximum Gasteiger partial charge on any atom is 0.258 e. The number of amides is 1. The average Bonchev–Trinajstić information content (AvgIpc) is 3.42. The maximum absolute atomic E-state index is 11.7. The van der Waals surface area contributed by atoms with Crippen molar-refractivity contribution in [3.05, 3.63) is 29.8 Å². The number of ether oxygens (including phenoxy) is 1. The monoisotopic (exact) mass is 546 g/mol. The lowest BCUT2D eigenvalue weighted by Crippen LogP contribution is -2.42. The van der Waals surface area contributed by atoms with Gasteiger partial charge in [0.25, 0.3) is 5.91 Å². The molecule has 2 atom stereocenters. The summed E-state index contributed by atoms with van der Waals surface area (Å²) in [5.74, 6) is 1.60. The van der Waals surface area contributed by atoms with E-state index in [4.69, 9.17) is 9.73 Å². The summed E-state index contributed by atoms with van der Waals surface area (Å²) in [7, 11) is 0. The van der Waals surface area contributed by atoms with E-state index in [2.05, 4.69) is 29.1 Å². The van der Waals surface area contributed by atoms with Gasteiger partial charge in [-0.25, -0.2) is 0 Å². The highest BCUT2D eigenvalue weighted by Gasteiger charge is 2.24. The number of rotatable bonds is 10. The fraction of sp³-hybridized carbons (Fsp3) is 0.636. The molecule has 1 aromatic rings. The van der Waals surface area contributed by atoms with E-state index in [0.717, 1.165) is 49.3 Å². The zero-order valence-electron chi connectivity index (χ0n) is 18.0. The Morgan fingerprint density at radius 2 is 1.87 bits per heavy atom. The Labute approximate surface area is 201 Å². The molecule has 0 heterocycles. The minimum absolute atomic E-state index is 0. The first-order chi connectivity index (χ1) is 14.2. The molecule has 8 heteroatoms. The second-order valence-electron chi connectivity index (χ2n) is 7.80. The van der Waals surface area contributed by atoms with Crippen molar-refractivity contribution in [2.75, 3.05) is 26.0 Å². The molecule has 0 radical (unpaired) electrons. The van der Waals surface area contributed by atoms with Gasteiger partial charge in [0.2, 0.25) is 0 Å². The third-order valence-corrected chi connectivity index (χ3v) is 6.40. The molecule has 0 saturated heterocycles. The predicted molar refractivity (Wildman–Crippen MR) is 136 cm³/mol. The van der Waals surface area contributed by atoms with Crippen LogP contribution in [0.4, 0.5) is 0 Å². The lowest BCUT2D eigenvalue weighted by Gasteiger charge is -2.17. The number of hydrogen-bond acceptors (Lipinski definition) is 4. The minimum atomic E-state index is -0.0412. The van der Waals surface area contributed by atoms with Gasteiger partial charge in [-0.15, -0.1) is 24.0 Å². The van der Waals surface area contributed by atoms with Gasteiger partial charge < -0.3 is 20.7 Å². The van der Waals surface area contributed by atoms with Gasteiger partial charge in [0.05, 0.1) is 0 Å². The molecule has 1 aromatic carbocycles. The largest absolute Gasteiger partial charge is 0.484 e. The Bertz CT molecular complexity index is 682. The smallest absolute Gasteiger partial charge is 0.258 e. The van der Waals surface area contributed by atoms with E-state index < -0.39 is 0 Å². The normalized spacial score (nSPS) is 20.9. The van der Waals surface area contributed by atoms with Crippen LogP contribution in [-0.2, 0) is 11.2 Å². The summed E-state index contributed by atoms with van der Waals surface area (Å²) >= 11 is 1.97. The van der Waals surface area contributed by atoms with Crippen molar-refractivity contribution in [1.82, 2.24) is 16.0 Å². The Kier molecular flexibility index (Phi) is 11.1. The van der Waals surface area contributed by atoms with Crippen LogP contribution in [0.3, 0.4) is 0 Å². The molecule has 3 rings (SSSR count). The van der Waals surface area contributed by atoms with Crippen molar-refractivity contribution < 1.29 is 9.53 Å². The van der Waals surface area contributed by atoms with Crippen LogP contribution in [0.25, 0.3) is 0 Å². The number of nitrogens with zero attached hydrogens (tertiary/aromatic N) is 1. The van der Waals surface area contributed by atoms with Gasteiger partial charge in [-0.1, -0.05) is 12.1 Å². The van der Waals surface area contributed by atoms with Gasteiger partial charge in [0, 0.05) is 30.4 Å². The summed E-state index contributed by atoms with van der Waals surface area (Å²) in [6, 6.07) is 8.84. The summed E-state index contributed by atoms with van der Waals surface area (Å²) in [6.07, 6.45) is 8.97. The molecule has 6 nitrogen and oxygen atoms in total. The Morgan fingerprint density at radius 1 is 1.13 bits per heavy atom. The molecule has 30 heavy (non-hydrogen) atoms. The van der Waals surface area contributed by atoms with E-state index >= 15 is 0 Å². The number of halogens is 1. The summed E-state index contributed by atoms with van der Waals surface area (Å²) in [4.78, 5) is 16.4. The lowest BCUT2D eigenvalue weighted by molar-refractivity contribution is -0.123. The summed E-state index contributed by atoms with van der Waals surface area (Å²) in [6.45, 7) is 3.78. The van der Waals surface area contributed by atoms with Crippen LogP contribution in [0, 0.1) is 0 Å². The molecular formula is C22H35IN4O2S. The molecule has 0 aromatic heterocycles. The van der Waals surface area contributed by atoms with Crippen LogP contribution >= 0.6 is 35.7 Å². The number of carbonyl (C=O) groups is 1. The molecule has 3 N–H and O–H groups in total. The van der Waals surface area contributed by atoms with Crippen LogP contribution in [0.5, 0.6) is 5.75 Å². The molecule has 2 saturated carbocycles. The topological polar surface area (TPSA) is 74.8 Å².